The van der Waals surface area contributed by atoms with Gasteiger partial charge in [-0.05, 0) is 71.4 Å². The molecule has 7 nitrogen and oxygen atoms in total. The topological polar surface area (TPSA) is 89.3 Å². The number of nitriles is 1. The van der Waals surface area contributed by atoms with E-state index in [9.17, 15) is 14.9 Å². The predicted molar refractivity (Wildman–Crippen MR) is 135 cm³/mol. The summed E-state index contributed by atoms with van der Waals surface area (Å²) < 4.78 is 0. The van der Waals surface area contributed by atoms with Crippen molar-refractivity contribution in [1.29, 1.82) is 5.26 Å². The number of anilines is 1. The highest BCUT2D eigenvalue weighted by Crippen LogP contribution is 2.33. The molecule has 0 bridgehead atoms. The van der Waals surface area contributed by atoms with Crippen LogP contribution in [0, 0.1) is 11.3 Å². The first-order valence-corrected chi connectivity index (χ1v) is 12.0. The highest BCUT2D eigenvalue weighted by molar-refractivity contribution is 8.18. The molecular formula is C26H23N5O2S. The number of fused-ring (bicyclic) bond motifs is 1. The molecular weight excluding hydrogens is 446 g/mol. The van der Waals surface area contributed by atoms with Crippen molar-refractivity contribution in [2.45, 2.75) is 6.92 Å². The van der Waals surface area contributed by atoms with Gasteiger partial charge in [0.05, 0.1) is 21.7 Å². The van der Waals surface area contributed by atoms with Crippen LogP contribution < -0.4 is 10.2 Å². The molecule has 3 aromatic rings. The molecule has 2 fully saturated rings. The fourth-order valence-corrected chi connectivity index (χ4v) is 5.13. The van der Waals surface area contributed by atoms with Gasteiger partial charge in [-0.2, -0.15) is 5.26 Å². The molecule has 3 heterocycles. The molecule has 0 saturated carbocycles. The summed E-state index contributed by atoms with van der Waals surface area (Å²) in [6.45, 7) is 7.03. The summed E-state index contributed by atoms with van der Waals surface area (Å²) in [4.78, 5) is 33.0. The number of pyridine rings is 1. The molecule has 0 radical (unpaired) electrons. The second kappa shape index (κ2) is 9.29. The Labute approximate surface area is 202 Å². The number of aromatic nitrogens is 1. The van der Waals surface area contributed by atoms with E-state index in [-0.39, 0.29) is 11.1 Å². The number of carbonyl (C=O) groups excluding carboxylic acids is 2. The number of imide groups is 1. The van der Waals surface area contributed by atoms with Crippen LogP contribution in [0.5, 0.6) is 0 Å². The van der Waals surface area contributed by atoms with Crippen molar-refractivity contribution in [3.8, 4) is 17.2 Å². The van der Waals surface area contributed by atoms with Gasteiger partial charge >= 0.3 is 0 Å². The van der Waals surface area contributed by atoms with Crippen molar-refractivity contribution < 1.29 is 9.59 Å². The molecule has 0 atom stereocenters. The van der Waals surface area contributed by atoms with E-state index in [1.807, 2.05) is 36.4 Å². The molecule has 8 heteroatoms. The van der Waals surface area contributed by atoms with E-state index in [0.717, 1.165) is 77.8 Å². The lowest BCUT2D eigenvalue weighted by Gasteiger charge is -2.36. The van der Waals surface area contributed by atoms with Crippen LogP contribution >= 0.6 is 11.8 Å². The van der Waals surface area contributed by atoms with Crippen molar-refractivity contribution in [3.63, 3.8) is 0 Å². The maximum absolute atomic E-state index is 11.9. The zero-order valence-electron chi connectivity index (χ0n) is 18.7. The van der Waals surface area contributed by atoms with E-state index in [1.165, 1.54) is 0 Å². The highest BCUT2D eigenvalue weighted by atomic mass is 32.2. The first-order chi connectivity index (χ1) is 16.6. The molecule has 2 aromatic carbocycles. The largest absolute Gasteiger partial charge is 0.368 e. The molecule has 0 unspecified atom stereocenters. The summed E-state index contributed by atoms with van der Waals surface area (Å²) in [6.07, 6.45) is 3.47. The number of nitrogens with zero attached hydrogens (tertiary/aromatic N) is 4. The standard InChI is InChI=1S/C26H23N5O2S/c1-2-30-9-11-31(12-10-30)23-6-4-18(15-19(23)16-27)20-7-8-28-22-5-3-17(13-21(20)22)14-24-25(32)29-26(33)34-24/h3-8,13-15H,2,9-12H2,1H3,(H,29,32,33). The van der Waals surface area contributed by atoms with Gasteiger partial charge in [-0.1, -0.05) is 19.1 Å². The van der Waals surface area contributed by atoms with E-state index < -0.39 is 0 Å². The maximum atomic E-state index is 11.9. The van der Waals surface area contributed by atoms with Crippen LogP contribution in [0.3, 0.4) is 0 Å². The Morgan fingerprint density at radius 2 is 1.94 bits per heavy atom. The molecule has 2 aliphatic heterocycles. The Balaban J connectivity index is 1.51. The third-order valence-electron chi connectivity index (χ3n) is 6.29. The summed E-state index contributed by atoms with van der Waals surface area (Å²) in [5.74, 6) is -0.379. The number of piperazine rings is 1. The number of amides is 2. The van der Waals surface area contributed by atoms with Crippen LogP contribution in [-0.4, -0.2) is 53.8 Å². The second-order valence-corrected chi connectivity index (χ2v) is 9.27. The molecule has 5 rings (SSSR count). The van der Waals surface area contributed by atoms with E-state index >= 15 is 0 Å². The SMILES string of the molecule is CCN1CCN(c2ccc(-c3ccnc4ccc(C=C5SC(=O)NC5=O)cc34)cc2C#N)CC1. The molecule has 0 aliphatic carbocycles. The Morgan fingerprint density at radius 3 is 2.65 bits per heavy atom. The van der Waals surface area contributed by atoms with Crippen molar-refractivity contribution in [1.82, 2.24) is 15.2 Å². The van der Waals surface area contributed by atoms with Crippen LogP contribution in [0.2, 0.25) is 0 Å². The van der Waals surface area contributed by atoms with Gasteiger partial charge in [0, 0.05) is 37.8 Å². The van der Waals surface area contributed by atoms with Crippen molar-refractivity contribution >= 4 is 45.6 Å². The van der Waals surface area contributed by atoms with Gasteiger partial charge in [0.15, 0.2) is 0 Å². The Bertz CT molecular complexity index is 1370. The lowest BCUT2D eigenvalue weighted by molar-refractivity contribution is -0.115. The third kappa shape index (κ3) is 4.28. The monoisotopic (exact) mass is 469 g/mol. The van der Waals surface area contributed by atoms with Gasteiger partial charge in [-0.15, -0.1) is 0 Å². The van der Waals surface area contributed by atoms with Crippen molar-refractivity contribution in [3.05, 3.63) is 64.7 Å². The van der Waals surface area contributed by atoms with E-state index in [4.69, 9.17) is 0 Å². The van der Waals surface area contributed by atoms with Gasteiger partial charge in [0.1, 0.15) is 6.07 Å². The van der Waals surface area contributed by atoms with Crippen molar-refractivity contribution in [2.75, 3.05) is 37.6 Å². The predicted octanol–water partition coefficient (Wildman–Crippen LogP) is 4.24. The number of nitrogens with one attached hydrogen (secondary N) is 1. The lowest BCUT2D eigenvalue weighted by Crippen LogP contribution is -2.46. The summed E-state index contributed by atoms with van der Waals surface area (Å²) >= 11 is 0.898. The second-order valence-electron chi connectivity index (χ2n) is 8.25. The number of carbonyl (C=O) groups is 2. The summed E-state index contributed by atoms with van der Waals surface area (Å²) in [7, 11) is 0. The maximum Gasteiger partial charge on any atom is 0.290 e. The Kier molecular flexibility index (Phi) is 6.05. The lowest BCUT2D eigenvalue weighted by atomic mass is 9.97. The highest BCUT2D eigenvalue weighted by Gasteiger charge is 2.25. The van der Waals surface area contributed by atoms with Gasteiger partial charge in [0.25, 0.3) is 11.1 Å². The van der Waals surface area contributed by atoms with Crippen LogP contribution in [0.1, 0.15) is 18.1 Å². The summed E-state index contributed by atoms with van der Waals surface area (Å²) in [5.41, 5.74) is 5.15. The number of hydrogen-bond donors (Lipinski definition) is 1. The quantitative estimate of drug-likeness (QED) is 0.572. The molecule has 2 saturated heterocycles. The number of hydrogen-bond acceptors (Lipinski definition) is 7. The first kappa shape index (κ1) is 22.1. The van der Waals surface area contributed by atoms with E-state index in [0.29, 0.717) is 10.5 Å². The normalized spacial score (nSPS) is 17.9. The summed E-state index contributed by atoms with van der Waals surface area (Å²) in [6, 6.07) is 16.1. The zero-order valence-corrected chi connectivity index (χ0v) is 19.6. The number of likely N-dealkylation sites (N-methyl/N-ethyl adjacent to an activating group) is 1. The Hall–Kier alpha value is -3.67. The minimum Gasteiger partial charge on any atom is -0.368 e. The molecule has 34 heavy (non-hydrogen) atoms. The molecule has 2 amide bonds. The molecule has 170 valence electrons. The fraction of sp³-hybridized carbons (Fsp3) is 0.231. The van der Waals surface area contributed by atoms with Gasteiger partial charge < -0.3 is 9.80 Å². The zero-order chi connectivity index (χ0) is 23.7. The van der Waals surface area contributed by atoms with Crippen LogP contribution in [0.4, 0.5) is 10.5 Å². The minimum absolute atomic E-state index is 0.361. The third-order valence-corrected chi connectivity index (χ3v) is 7.10. The van der Waals surface area contributed by atoms with E-state index in [1.54, 1.807) is 12.3 Å². The smallest absolute Gasteiger partial charge is 0.290 e. The van der Waals surface area contributed by atoms with Crippen LogP contribution in [0.25, 0.3) is 28.1 Å². The van der Waals surface area contributed by atoms with Gasteiger partial charge in [-0.3, -0.25) is 19.9 Å². The van der Waals surface area contributed by atoms with Gasteiger partial charge in [-0.25, -0.2) is 0 Å². The van der Waals surface area contributed by atoms with Crippen molar-refractivity contribution in [2.24, 2.45) is 0 Å². The molecule has 0 spiro atoms. The van der Waals surface area contributed by atoms with E-state index in [2.05, 4.69) is 39.2 Å². The molecule has 1 N–H and O–H groups in total. The average Bonchev–Trinajstić information content (AvgIpc) is 3.19. The average molecular weight is 470 g/mol. The Morgan fingerprint density at radius 1 is 1.12 bits per heavy atom. The molecule has 2 aliphatic rings. The fourth-order valence-electron chi connectivity index (χ4n) is 4.45. The number of rotatable bonds is 4. The number of thioether (sulfide) groups is 1. The van der Waals surface area contributed by atoms with Gasteiger partial charge in [0.2, 0.25) is 0 Å². The molecule has 1 aromatic heterocycles. The number of benzene rings is 2. The summed E-state index contributed by atoms with van der Waals surface area (Å²) in [5, 5.41) is 12.7. The van der Waals surface area contributed by atoms with Crippen LogP contribution in [-0.2, 0) is 4.79 Å². The van der Waals surface area contributed by atoms with Crippen LogP contribution in [0.15, 0.2) is 53.6 Å². The first-order valence-electron chi connectivity index (χ1n) is 11.2. The minimum atomic E-state index is -0.379.